The maximum Gasteiger partial charge on any atom is 0.257 e. The number of amides is 1. The highest BCUT2D eigenvalue weighted by Gasteiger charge is 2.10. The van der Waals surface area contributed by atoms with Gasteiger partial charge in [-0.3, -0.25) is 4.79 Å². The number of nitrogens with one attached hydrogen (secondary N) is 1. The van der Waals surface area contributed by atoms with Gasteiger partial charge in [0.2, 0.25) is 5.91 Å². The summed E-state index contributed by atoms with van der Waals surface area (Å²) < 4.78 is 5.56. The summed E-state index contributed by atoms with van der Waals surface area (Å²) in [5, 5.41) is 3.50. The molecular weight excluding hydrogens is 272 g/mol. The van der Waals surface area contributed by atoms with Gasteiger partial charge in [-0.25, -0.2) is 4.98 Å². The largest absolute Gasteiger partial charge is 0.431 e. The molecule has 0 aliphatic rings. The Kier molecular flexibility index (Phi) is 5.47. The van der Waals surface area contributed by atoms with E-state index in [1.807, 2.05) is 24.3 Å². The Balaban J connectivity index is 1.81. The van der Waals surface area contributed by atoms with E-state index in [1.165, 1.54) is 11.8 Å². The third kappa shape index (κ3) is 4.00. The van der Waals surface area contributed by atoms with Crippen molar-refractivity contribution in [2.75, 3.05) is 12.3 Å². The molecule has 0 fully saturated rings. The van der Waals surface area contributed by atoms with Gasteiger partial charge in [-0.05, 0) is 18.1 Å². The monoisotopic (exact) mass is 292 g/mol. The number of para-hydroxylation sites is 2. The molecule has 2 aromatic rings. The summed E-state index contributed by atoms with van der Waals surface area (Å²) in [7, 11) is 0. The van der Waals surface area contributed by atoms with Gasteiger partial charge in [0.05, 0.1) is 5.75 Å². The van der Waals surface area contributed by atoms with Gasteiger partial charge in [-0.1, -0.05) is 50.6 Å². The molecule has 1 amide bonds. The summed E-state index contributed by atoms with van der Waals surface area (Å²) in [6, 6.07) is 7.60. The number of thioether (sulfide) groups is 1. The van der Waals surface area contributed by atoms with Crippen LogP contribution in [0.5, 0.6) is 0 Å². The van der Waals surface area contributed by atoms with Gasteiger partial charge in [-0.2, -0.15) is 0 Å². The molecule has 0 saturated heterocycles. The van der Waals surface area contributed by atoms with Crippen LogP contribution in [0.4, 0.5) is 0 Å². The summed E-state index contributed by atoms with van der Waals surface area (Å²) >= 11 is 1.33. The van der Waals surface area contributed by atoms with E-state index in [9.17, 15) is 4.79 Å². The van der Waals surface area contributed by atoms with Crippen molar-refractivity contribution in [1.82, 2.24) is 10.3 Å². The zero-order valence-corrected chi connectivity index (χ0v) is 12.7. The fourth-order valence-corrected chi connectivity index (χ4v) is 2.59. The van der Waals surface area contributed by atoms with Gasteiger partial charge >= 0.3 is 0 Å². The van der Waals surface area contributed by atoms with Gasteiger partial charge in [-0.15, -0.1) is 0 Å². The maximum atomic E-state index is 11.8. The molecular formula is C15H20N2O2S. The van der Waals surface area contributed by atoms with Gasteiger partial charge < -0.3 is 9.73 Å². The summed E-state index contributed by atoms with van der Waals surface area (Å²) in [4.78, 5) is 16.1. The third-order valence-corrected chi connectivity index (χ3v) is 4.17. The second kappa shape index (κ2) is 7.33. The minimum absolute atomic E-state index is 0.0316. The van der Waals surface area contributed by atoms with Crippen LogP contribution in [0.3, 0.4) is 0 Å². The number of fused-ring (bicyclic) bond motifs is 1. The maximum absolute atomic E-state index is 11.8. The molecule has 0 spiro atoms. The number of aromatic nitrogens is 1. The molecule has 0 aliphatic carbocycles. The quantitative estimate of drug-likeness (QED) is 0.794. The van der Waals surface area contributed by atoms with Crippen molar-refractivity contribution in [2.45, 2.75) is 31.9 Å². The minimum atomic E-state index is 0.0316. The molecule has 20 heavy (non-hydrogen) atoms. The SMILES string of the molecule is CCC(CC)CNC(=O)CSc1nc2ccccc2o1. The molecule has 4 nitrogen and oxygen atoms in total. The second-order valence-corrected chi connectivity index (χ2v) is 5.65. The van der Waals surface area contributed by atoms with Crippen LogP contribution >= 0.6 is 11.8 Å². The summed E-state index contributed by atoms with van der Waals surface area (Å²) in [6.07, 6.45) is 2.18. The first-order valence-corrected chi connectivity index (χ1v) is 7.96. The average molecular weight is 292 g/mol. The van der Waals surface area contributed by atoms with Crippen LogP contribution < -0.4 is 5.32 Å². The summed E-state index contributed by atoms with van der Waals surface area (Å²) in [5.74, 6) is 0.935. The first-order valence-electron chi connectivity index (χ1n) is 6.98. The van der Waals surface area contributed by atoms with E-state index in [4.69, 9.17) is 4.42 Å². The van der Waals surface area contributed by atoms with Crippen molar-refractivity contribution >= 4 is 28.8 Å². The van der Waals surface area contributed by atoms with Gasteiger partial charge in [0.25, 0.3) is 5.22 Å². The van der Waals surface area contributed by atoms with E-state index in [0.717, 1.165) is 30.5 Å². The highest BCUT2D eigenvalue weighted by Crippen LogP contribution is 2.22. The van der Waals surface area contributed by atoms with E-state index in [-0.39, 0.29) is 5.91 Å². The van der Waals surface area contributed by atoms with Crippen LogP contribution in [0, 0.1) is 5.92 Å². The number of nitrogens with zero attached hydrogens (tertiary/aromatic N) is 1. The van der Waals surface area contributed by atoms with Gasteiger partial charge in [0.1, 0.15) is 5.52 Å². The molecule has 0 unspecified atom stereocenters. The standard InChI is InChI=1S/C15H20N2O2S/c1-3-11(4-2)9-16-14(18)10-20-15-17-12-7-5-6-8-13(12)19-15/h5-8,11H,3-4,9-10H2,1-2H3,(H,16,18). The van der Waals surface area contributed by atoms with E-state index in [2.05, 4.69) is 24.1 Å². The Hall–Kier alpha value is -1.49. The van der Waals surface area contributed by atoms with Crippen LogP contribution in [0.2, 0.25) is 0 Å². The predicted molar refractivity (Wildman–Crippen MR) is 81.8 cm³/mol. The predicted octanol–water partition coefficient (Wildman–Crippen LogP) is 3.47. The summed E-state index contributed by atoms with van der Waals surface area (Å²) in [5.41, 5.74) is 1.58. The van der Waals surface area contributed by atoms with Crippen LogP contribution in [-0.4, -0.2) is 23.2 Å². The Morgan fingerprint density at radius 3 is 2.80 bits per heavy atom. The Morgan fingerprint density at radius 2 is 2.10 bits per heavy atom. The topological polar surface area (TPSA) is 55.1 Å². The van der Waals surface area contributed by atoms with Crippen LogP contribution in [0.15, 0.2) is 33.9 Å². The molecule has 1 N–H and O–H groups in total. The van der Waals surface area contributed by atoms with Crippen molar-refractivity contribution in [3.05, 3.63) is 24.3 Å². The van der Waals surface area contributed by atoms with Crippen LogP contribution in [-0.2, 0) is 4.79 Å². The molecule has 0 radical (unpaired) electrons. The first kappa shape index (κ1) is 14.9. The van der Waals surface area contributed by atoms with Crippen molar-refractivity contribution in [1.29, 1.82) is 0 Å². The average Bonchev–Trinajstić information content (AvgIpc) is 2.89. The lowest BCUT2D eigenvalue weighted by atomic mass is 10.0. The molecule has 1 aromatic heterocycles. The Bertz CT molecular complexity index is 531. The zero-order chi connectivity index (χ0) is 14.4. The lowest BCUT2D eigenvalue weighted by Crippen LogP contribution is -2.30. The van der Waals surface area contributed by atoms with E-state index >= 15 is 0 Å². The Morgan fingerprint density at radius 1 is 1.35 bits per heavy atom. The Labute approximate surface area is 123 Å². The highest BCUT2D eigenvalue weighted by atomic mass is 32.2. The van der Waals surface area contributed by atoms with Crippen LogP contribution in [0.25, 0.3) is 11.1 Å². The van der Waals surface area contributed by atoms with Gasteiger partial charge in [0.15, 0.2) is 5.58 Å². The van der Waals surface area contributed by atoms with Gasteiger partial charge in [0, 0.05) is 6.54 Å². The molecule has 0 atom stereocenters. The normalized spacial score (nSPS) is 11.2. The molecule has 1 aromatic carbocycles. The van der Waals surface area contributed by atoms with Crippen molar-refractivity contribution < 1.29 is 9.21 Å². The number of benzene rings is 1. The molecule has 0 aliphatic heterocycles. The number of hydrogen-bond acceptors (Lipinski definition) is 4. The van der Waals surface area contributed by atoms with Crippen molar-refractivity contribution in [3.63, 3.8) is 0 Å². The number of oxazole rings is 1. The minimum Gasteiger partial charge on any atom is -0.431 e. The molecule has 108 valence electrons. The highest BCUT2D eigenvalue weighted by molar-refractivity contribution is 7.99. The van der Waals surface area contributed by atoms with Crippen molar-refractivity contribution in [2.24, 2.45) is 5.92 Å². The first-order chi connectivity index (χ1) is 9.72. The molecule has 0 saturated carbocycles. The fraction of sp³-hybridized carbons (Fsp3) is 0.467. The lowest BCUT2D eigenvalue weighted by Gasteiger charge is -2.12. The number of carbonyl (C=O) groups is 1. The smallest absolute Gasteiger partial charge is 0.257 e. The van der Waals surface area contributed by atoms with E-state index < -0.39 is 0 Å². The van der Waals surface area contributed by atoms with Crippen molar-refractivity contribution in [3.8, 4) is 0 Å². The number of rotatable bonds is 7. The fourth-order valence-electron chi connectivity index (χ4n) is 1.93. The zero-order valence-electron chi connectivity index (χ0n) is 11.9. The lowest BCUT2D eigenvalue weighted by molar-refractivity contribution is -0.118. The molecule has 5 heteroatoms. The number of hydrogen-bond donors (Lipinski definition) is 1. The number of carbonyl (C=O) groups excluding carboxylic acids is 1. The third-order valence-electron chi connectivity index (χ3n) is 3.34. The van der Waals surface area contributed by atoms with Crippen LogP contribution in [0.1, 0.15) is 26.7 Å². The second-order valence-electron chi connectivity index (χ2n) is 4.72. The molecule has 1 heterocycles. The van der Waals surface area contributed by atoms with E-state index in [1.54, 1.807) is 0 Å². The summed E-state index contributed by atoms with van der Waals surface area (Å²) in [6.45, 7) is 5.04. The van der Waals surface area contributed by atoms with E-state index in [0.29, 0.717) is 16.9 Å². The molecule has 0 bridgehead atoms. The molecule has 2 rings (SSSR count).